The number of carbonyl (C=O) groups is 1. The maximum absolute atomic E-state index is 11.6. The summed E-state index contributed by atoms with van der Waals surface area (Å²) < 4.78 is 5.36. The Morgan fingerprint density at radius 2 is 2.42 bits per heavy atom. The number of rotatable bonds is 3. The van der Waals surface area contributed by atoms with E-state index in [-0.39, 0.29) is 5.78 Å². The van der Waals surface area contributed by atoms with Gasteiger partial charge in [0.1, 0.15) is 5.60 Å². The lowest BCUT2D eigenvalue weighted by atomic mass is 9.93. The molecule has 1 heterocycles. The van der Waals surface area contributed by atoms with Crippen LogP contribution in [0.2, 0.25) is 0 Å². The van der Waals surface area contributed by atoms with Gasteiger partial charge in [0.05, 0.1) is 0 Å². The number of hydrogen-bond acceptors (Lipinski definition) is 3. The van der Waals surface area contributed by atoms with Crippen LogP contribution in [-0.4, -0.2) is 30.0 Å². The van der Waals surface area contributed by atoms with Gasteiger partial charge in [-0.05, 0) is 18.6 Å². The Morgan fingerprint density at radius 3 is 2.83 bits per heavy atom. The molecule has 1 atom stereocenters. The van der Waals surface area contributed by atoms with E-state index in [2.05, 4.69) is 0 Å². The molecule has 0 aliphatic carbocycles. The number of carbonyl (C=O) groups excluding carboxylic acids is 1. The predicted molar refractivity (Wildman–Crippen MR) is 51.6 cm³/mol. The Morgan fingerprint density at radius 1 is 1.67 bits per heavy atom. The first-order valence-corrected chi connectivity index (χ1v) is 5.57. The van der Waals surface area contributed by atoms with Gasteiger partial charge in [0.25, 0.3) is 0 Å². The van der Waals surface area contributed by atoms with Gasteiger partial charge in [0.15, 0.2) is 5.78 Å². The molecule has 1 unspecified atom stereocenters. The Kier molecular flexibility index (Phi) is 3.59. The molecule has 1 aliphatic rings. The van der Waals surface area contributed by atoms with Gasteiger partial charge in [-0.1, -0.05) is 6.92 Å². The molecule has 12 heavy (non-hydrogen) atoms. The predicted octanol–water partition coefficient (Wildman–Crippen LogP) is 1.88. The molecule has 0 radical (unpaired) electrons. The first-order valence-electron chi connectivity index (χ1n) is 4.41. The molecule has 1 fully saturated rings. The lowest BCUT2D eigenvalue weighted by Gasteiger charge is -2.33. The van der Waals surface area contributed by atoms with E-state index in [0.29, 0.717) is 6.42 Å². The van der Waals surface area contributed by atoms with Crippen molar-refractivity contribution in [2.45, 2.75) is 31.8 Å². The third-order valence-electron chi connectivity index (χ3n) is 2.42. The number of hydrogen-bond donors (Lipinski definition) is 0. The van der Waals surface area contributed by atoms with Gasteiger partial charge in [-0.25, -0.2) is 0 Å². The lowest BCUT2D eigenvalue weighted by Crippen LogP contribution is -2.45. The standard InChI is InChI=1S/C9H16O2S/c1-3-8(10)9(11-2)5-4-6-12-7-9/h3-7H2,1-2H3. The van der Waals surface area contributed by atoms with Crippen LogP contribution in [0, 0.1) is 0 Å². The van der Waals surface area contributed by atoms with Gasteiger partial charge < -0.3 is 4.74 Å². The van der Waals surface area contributed by atoms with Crippen molar-refractivity contribution >= 4 is 17.5 Å². The molecular weight excluding hydrogens is 172 g/mol. The summed E-state index contributed by atoms with van der Waals surface area (Å²) in [4.78, 5) is 11.6. The van der Waals surface area contributed by atoms with E-state index in [0.717, 1.165) is 18.6 Å². The highest BCUT2D eigenvalue weighted by Crippen LogP contribution is 2.31. The number of methoxy groups -OCH3 is 1. The second-order valence-corrected chi connectivity index (χ2v) is 4.24. The van der Waals surface area contributed by atoms with Crippen molar-refractivity contribution in [3.05, 3.63) is 0 Å². The maximum atomic E-state index is 11.6. The fourth-order valence-corrected chi connectivity index (χ4v) is 2.83. The van der Waals surface area contributed by atoms with Crippen molar-refractivity contribution in [2.75, 3.05) is 18.6 Å². The zero-order valence-electron chi connectivity index (χ0n) is 7.76. The fourth-order valence-electron chi connectivity index (χ4n) is 1.59. The maximum Gasteiger partial charge on any atom is 0.165 e. The van der Waals surface area contributed by atoms with Gasteiger partial charge in [-0.15, -0.1) is 0 Å². The van der Waals surface area contributed by atoms with E-state index in [1.807, 2.05) is 18.7 Å². The molecule has 2 nitrogen and oxygen atoms in total. The smallest absolute Gasteiger partial charge is 0.165 e. The summed E-state index contributed by atoms with van der Waals surface area (Å²) in [7, 11) is 1.65. The molecule has 70 valence electrons. The molecule has 0 aromatic heterocycles. The molecule has 0 N–H and O–H groups in total. The van der Waals surface area contributed by atoms with Crippen molar-refractivity contribution in [1.82, 2.24) is 0 Å². The van der Waals surface area contributed by atoms with Crippen molar-refractivity contribution < 1.29 is 9.53 Å². The van der Waals surface area contributed by atoms with Gasteiger partial charge >= 0.3 is 0 Å². The van der Waals surface area contributed by atoms with Gasteiger partial charge in [-0.3, -0.25) is 4.79 Å². The Balaban J connectivity index is 2.66. The number of ketones is 1. The largest absolute Gasteiger partial charge is 0.370 e. The van der Waals surface area contributed by atoms with Crippen LogP contribution in [-0.2, 0) is 9.53 Å². The van der Waals surface area contributed by atoms with Gasteiger partial charge in [-0.2, -0.15) is 11.8 Å². The average Bonchev–Trinajstić information content (AvgIpc) is 2.17. The molecule has 1 rings (SSSR count). The Hall–Kier alpha value is -0.0200. The van der Waals surface area contributed by atoms with Crippen LogP contribution < -0.4 is 0 Å². The summed E-state index contributed by atoms with van der Waals surface area (Å²) >= 11 is 1.82. The van der Waals surface area contributed by atoms with E-state index in [9.17, 15) is 4.79 Å². The molecule has 3 heteroatoms. The molecule has 0 saturated carbocycles. The number of thioether (sulfide) groups is 1. The second kappa shape index (κ2) is 4.28. The molecule has 0 amide bonds. The average molecular weight is 188 g/mol. The van der Waals surface area contributed by atoms with E-state index in [1.165, 1.54) is 5.75 Å². The van der Waals surface area contributed by atoms with E-state index < -0.39 is 5.60 Å². The van der Waals surface area contributed by atoms with Gasteiger partial charge in [0.2, 0.25) is 0 Å². The molecular formula is C9H16O2S. The topological polar surface area (TPSA) is 26.3 Å². The van der Waals surface area contributed by atoms with E-state index in [1.54, 1.807) is 7.11 Å². The third kappa shape index (κ3) is 1.83. The third-order valence-corrected chi connectivity index (χ3v) is 3.67. The zero-order chi connectivity index (χ0) is 9.03. The number of ether oxygens (including phenoxy) is 1. The molecule has 1 aliphatic heterocycles. The first-order chi connectivity index (χ1) is 5.75. The molecule has 0 bridgehead atoms. The van der Waals surface area contributed by atoms with Crippen LogP contribution in [0.15, 0.2) is 0 Å². The minimum atomic E-state index is -0.447. The highest BCUT2D eigenvalue weighted by molar-refractivity contribution is 7.99. The molecule has 0 aromatic carbocycles. The van der Waals surface area contributed by atoms with Crippen LogP contribution in [0.3, 0.4) is 0 Å². The van der Waals surface area contributed by atoms with Gasteiger partial charge in [0, 0.05) is 19.3 Å². The summed E-state index contributed by atoms with van der Waals surface area (Å²) in [5.74, 6) is 2.27. The Bertz CT molecular complexity index is 162. The van der Waals surface area contributed by atoms with Crippen LogP contribution in [0.25, 0.3) is 0 Å². The van der Waals surface area contributed by atoms with Crippen molar-refractivity contribution in [3.63, 3.8) is 0 Å². The van der Waals surface area contributed by atoms with Crippen LogP contribution in [0.1, 0.15) is 26.2 Å². The summed E-state index contributed by atoms with van der Waals surface area (Å²) in [6.45, 7) is 1.91. The minimum Gasteiger partial charge on any atom is -0.370 e. The van der Waals surface area contributed by atoms with Crippen molar-refractivity contribution in [1.29, 1.82) is 0 Å². The highest BCUT2D eigenvalue weighted by Gasteiger charge is 2.38. The monoisotopic (exact) mass is 188 g/mol. The first kappa shape index (κ1) is 10.1. The molecule has 0 spiro atoms. The molecule has 0 aromatic rings. The van der Waals surface area contributed by atoms with Crippen LogP contribution in [0.4, 0.5) is 0 Å². The van der Waals surface area contributed by atoms with Crippen LogP contribution >= 0.6 is 11.8 Å². The summed E-state index contributed by atoms with van der Waals surface area (Å²) in [5, 5.41) is 0. The van der Waals surface area contributed by atoms with Crippen molar-refractivity contribution in [3.8, 4) is 0 Å². The summed E-state index contributed by atoms with van der Waals surface area (Å²) in [5.41, 5.74) is -0.447. The van der Waals surface area contributed by atoms with Crippen LogP contribution in [0.5, 0.6) is 0 Å². The minimum absolute atomic E-state index is 0.261. The SMILES string of the molecule is CCC(=O)C1(OC)CCCSC1. The second-order valence-electron chi connectivity index (χ2n) is 3.13. The van der Waals surface area contributed by atoms with E-state index >= 15 is 0 Å². The van der Waals surface area contributed by atoms with E-state index in [4.69, 9.17) is 4.74 Å². The Labute approximate surface area is 78.1 Å². The summed E-state index contributed by atoms with van der Waals surface area (Å²) in [6, 6.07) is 0. The normalized spacial score (nSPS) is 30.2. The lowest BCUT2D eigenvalue weighted by molar-refractivity contribution is -0.139. The van der Waals surface area contributed by atoms with Crippen molar-refractivity contribution in [2.24, 2.45) is 0 Å². The zero-order valence-corrected chi connectivity index (χ0v) is 8.58. The highest BCUT2D eigenvalue weighted by atomic mass is 32.2. The summed E-state index contributed by atoms with van der Waals surface area (Å²) in [6.07, 6.45) is 2.60. The fraction of sp³-hybridized carbons (Fsp3) is 0.889. The quantitative estimate of drug-likeness (QED) is 0.676. The number of Topliss-reactive ketones (excluding diaryl/α,β-unsaturated/α-hetero) is 1. The molecule has 1 saturated heterocycles.